The predicted octanol–water partition coefficient (Wildman–Crippen LogP) is 6.27. The number of carbonyl (C=O) groups excluding carboxylic acids is 1. The lowest BCUT2D eigenvalue weighted by molar-refractivity contribution is -0.00662. The molecule has 1 saturated heterocycles. The lowest BCUT2D eigenvalue weighted by Crippen LogP contribution is -2.50. The van der Waals surface area contributed by atoms with Crippen molar-refractivity contribution in [3.63, 3.8) is 0 Å². The van der Waals surface area contributed by atoms with Crippen molar-refractivity contribution in [2.75, 3.05) is 26.1 Å². The Hall–Kier alpha value is -3.93. The van der Waals surface area contributed by atoms with Gasteiger partial charge in [0.25, 0.3) is 6.43 Å². The summed E-state index contributed by atoms with van der Waals surface area (Å²) in [5.41, 5.74) is 2.39. The third kappa shape index (κ3) is 6.22. The average molecular weight is 630 g/mol. The lowest BCUT2D eigenvalue weighted by atomic mass is 9.92. The number of benzene rings is 2. The summed E-state index contributed by atoms with van der Waals surface area (Å²) in [5, 5.41) is 3.35. The molecule has 9 nitrogen and oxygen atoms in total. The summed E-state index contributed by atoms with van der Waals surface area (Å²) in [6, 6.07) is 13.5. The maximum Gasteiger partial charge on any atom is 0.410 e. The Labute approximate surface area is 244 Å². The summed E-state index contributed by atoms with van der Waals surface area (Å²) in [6.07, 6.45) is 0.549. The number of rotatable bonds is 9. The van der Waals surface area contributed by atoms with Gasteiger partial charge in [0.1, 0.15) is 34.1 Å². The van der Waals surface area contributed by atoms with E-state index < -0.39 is 18.6 Å². The minimum atomic E-state index is -2.68. The van der Waals surface area contributed by atoms with E-state index in [1.54, 1.807) is 26.6 Å². The second-order valence-corrected chi connectivity index (χ2v) is 10.4. The van der Waals surface area contributed by atoms with Gasteiger partial charge in [-0.2, -0.15) is 0 Å². The van der Waals surface area contributed by atoms with E-state index >= 15 is 0 Å². The second-order valence-electron chi connectivity index (χ2n) is 9.66. The van der Waals surface area contributed by atoms with Crippen molar-refractivity contribution in [2.24, 2.45) is 0 Å². The highest BCUT2D eigenvalue weighted by Crippen LogP contribution is 2.36. The van der Waals surface area contributed by atoms with Gasteiger partial charge in [-0.1, -0.05) is 30.3 Å². The standard InChI is InChI=1S/C29H30BrF2N5O4/c1-39-21-10-8-19(23(14-21)40-2)15-34-27-24-25(30)35-28(36(24)13-12-33-27)20-9-11-22(26(31)32)37(16-20)29(38)41-17-18-6-4-3-5-7-18/h3-8,10,12-14,20,22,26H,9,11,15-17H2,1-2H3,(H,33,34)/t20-,22+/m0/s1. The molecule has 1 aliphatic heterocycles. The number of aromatic nitrogens is 3. The molecule has 1 amide bonds. The van der Waals surface area contributed by atoms with E-state index in [9.17, 15) is 13.6 Å². The monoisotopic (exact) mass is 629 g/mol. The average Bonchev–Trinajstić information content (AvgIpc) is 3.35. The number of hydrogen-bond acceptors (Lipinski definition) is 7. The molecule has 5 rings (SSSR count). The Balaban J connectivity index is 1.36. The number of nitrogens with one attached hydrogen (secondary N) is 1. The number of hydrogen-bond donors (Lipinski definition) is 1. The highest BCUT2D eigenvalue weighted by Gasteiger charge is 2.39. The van der Waals surface area contributed by atoms with Crippen molar-refractivity contribution < 1.29 is 27.8 Å². The molecule has 2 aromatic heterocycles. The van der Waals surface area contributed by atoms with Crippen LogP contribution in [0.15, 0.2) is 65.5 Å². The molecule has 41 heavy (non-hydrogen) atoms. The van der Waals surface area contributed by atoms with Crippen LogP contribution in [0.5, 0.6) is 11.5 Å². The normalized spacial score (nSPS) is 17.1. The number of imidazole rings is 1. The van der Waals surface area contributed by atoms with E-state index in [0.717, 1.165) is 16.0 Å². The van der Waals surface area contributed by atoms with Crippen LogP contribution < -0.4 is 14.8 Å². The van der Waals surface area contributed by atoms with Gasteiger partial charge in [0, 0.05) is 43.0 Å². The summed E-state index contributed by atoms with van der Waals surface area (Å²) in [7, 11) is 3.19. The van der Waals surface area contributed by atoms with Gasteiger partial charge in [-0.05, 0) is 46.5 Å². The van der Waals surface area contributed by atoms with Gasteiger partial charge >= 0.3 is 6.09 Å². The lowest BCUT2D eigenvalue weighted by Gasteiger charge is -2.38. The molecule has 2 aromatic carbocycles. The molecule has 0 saturated carbocycles. The van der Waals surface area contributed by atoms with Gasteiger partial charge in [0.05, 0.1) is 20.3 Å². The number of halogens is 3. The van der Waals surface area contributed by atoms with E-state index in [0.29, 0.717) is 46.2 Å². The third-order valence-corrected chi connectivity index (χ3v) is 7.76. The van der Waals surface area contributed by atoms with Crippen LogP contribution in [0.1, 0.15) is 35.7 Å². The summed E-state index contributed by atoms with van der Waals surface area (Å²) in [4.78, 5) is 23.4. The Bertz CT molecular complexity index is 1500. The van der Waals surface area contributed by atoms with Crippen LogP contribution in [0, 0.1) is 0 Å². The number of amides is 1. The third-order valence-electron chi connectivity index (χ3n) is 7.20. The second kappa shape index (κ2) is 12.7. The summed E-state index contributed by atoms with van der Waals surface area (Å²) < 4.78 is 46.5. The van der Waals surface area contributed by atoms with Crippen LogP contribution in [-0.2, 0) is 17.9 Å². The highest BCUT2D eigenvalue weighted by atomic mass is 79.9. The molecule has 0 unspecified atom stereocenters. The Morgan fingerprint density at radius 3 is 2.68 bits per heavy atom. The van der Waals surface area contributed by atoms with Crippen LogP contribution >= 0.6 is 15.9 Å². The van der Waals surface area contributed by atoms with Crippen molar-refractivity contribution in [3.05, 3.63) is 82.5 Å². The quantitative estimate of drug-likeness (QED) is 0.233. The highest BCUT2D eigenvalue weighted by molar-refractivity contribution is 9.10. The first-order valence-electron chi connectivity index (χ1n) is 13.1. The van der Waals surface area contributed by atoms with E-state index in [-0.39, 0.29) is 25.5 Å². The summed E-state index contributed by atoms with van der Waals surface area (Å²) in [6.45, 7) is 0.490. The maximum absolute atomic E-state index is 13.9. The first kappa shape index (κ1) is 28.6. The van der Waals surface area contributed by atoms with Crippen LogP contribution in [0.25, 0.3) is 5.52 Å². The predicted molar refractivity (Wildman–Crippen MR) is 153 cm³/mol. The zero-order valence-corrected chi connectivity index (χ0v) is 24.2. The molecule has 1 N–H and O–H groups in total. The zero-order valence-electron chi connectivity index (χ0n) is 22.6. The van der Waals surface area contributed by atoms with Crippen molar-refractivity contribution in [1.82, 2.24) is 19.3 Å². The SMILES string of the molecule is COc1ccc(CNc2nccn3c([C@H]4CC[C@H](C(F)F)N(C(=O)OCc5ccccc5)C4)nc(Br)c23)c(OC)c1. The van der Waals surface area contributed by atoms with E-state index in [1.165, 1.54) is 0 Å². The summed E-state index contributed by atoms with van der Waals surface area (Å²) in [5.74, 6) is 2.30. The van der Waals surface area contributed by atoms with Crippen LogP contribution in [0.3, 0.4) is 0 Å². The van der Waals surface area contributed by atoms with E-state index in [1.807, 2.05) is 52.9 Å². The number of piperidine rings is 1. The largest absolute Gasteiger partial charge is 0.497 e. The van der Waals surface area contributed by atoms with Gasteiger partial charge in [0.15, 0.2) is 5.82 Å². The summed E-state index contributed by atoms with van der Waals surface area (Å²) >= 11 is 3.56. The fourth-order valence-corrected chi connectivity index (χ4v) is 5.65. The molecule has 1 fully saturated rings. The Morgan fingerprint density at radius 1 is 1.15 bits per heavy atom. The van der Waals surface area contributed by atoms with Crippen LogP contribution in [0.2, 0.25) is 0 Å². The topological polar surface area (TPSA) is 90.2 Å². The van der Waals surface area contributed by atoms with E-state index in [2.05, 4.69) is 26.2 Å². The first-order chi connectivity index (χ1) is 19.9. The van der Waals surface area contributed by atoms with Gasteiger partial charge in [0.2, 0.25) is 0 Å². The van der Waals surface area contributed by atoms with Gasteiger partial charge < -0.3 is 19.5 Å². The molecule has 3 heterocycles. The smallest absolute Gasteiger partial charge is 0.410 e. The number of anilines is 1. The van der Waals surface area contributed by atoms with Gasteiger partial charge in [-0.25, -0.2) is 23.5 Å². The number of likely N-dealkylation sites (tertiary alicyclic amines) is 1. The van der Waals surface area contributed by atoms with E-state index in [4.69, 9.17) is 19.2 Å². The Kier molecular flexibility index (Phi) is 8.87. The first-order valence-corrected chi connectivity index (χ1v) is 13.9. The molecular weight excluding hydrogens is 600 g/mol. The maximum atomic E-state index is 13.9. The van der Waals surface area contributed by atoms with Gasteiger partial charge in [-0.15, -0.1) is 0 Å². The van der Waals surface area contributed by atoms with Crippen molar-refractivity contribution >= 4 is 33.4 Å². The van der Waals surface area contributed by atoms with Crippen molar-refractivity contribution in [2.45, 2.75) is 44.4 Å². The van der Waals surface area contributed by atoms with Gasteiger partial charge in [-0.3, -0.25) is 9.30 Å². The number of alkyl halides is 2. The number of carbonyl (C=O) groups is 1. The van der Waals surface area contributed by atoms with Crippen LogP contribution in [-0.4, -0.2) is 58.6 Å². The fourth-order valence-electron chi connectivity index (χ4n) is 5.09. The molecule has 0 spiro atoms. The van der Waals surface area contributed by atoms with Crippen molar-refractivity contribution in [1.29, 1.82) is 0 Å². The molecule has 216 valence electrons. The molecule has 0 bridgehead atoms. The number of methoxy groups -OCH3 is 2. The molecule has 0 radical (unpaired) electrons. The minimum absolute atomic E-state index is 0.00827. The fraction of sp³-hybridized carbons (Fsp3) is 0.345. The van der Waals surface area contributed by atoms with Crippen molar-refractivity contribution in [3.8, 4) is 11.5 Å². The number of ether oxygens (including phenoxy) is 3. The molecule has 4 aromatic rings. The number of nitrogens with zero attached hydrogens (tertiary/aromatic N) is 4. The molecule has 1 aliphatic rings. The molecule has 0 aliphatic carbocycles. The Morgan fingerprint density at radius 2 is 1.95 bits per heavy atom. The number of fused-ring (bicyclic) bond motifs is 1. The molecule has 2 atom stereocenters. The molecule has 12 heteroatoms. The zero-order chi connectivity index (χ0) is 28.9. The minimum Gasteiger partial charge on any atom is -0.497 e. The molecular formula is C29H30BrF2N5O4. The van der Waals surface area contributed by atoms with Crippen LogP contribution in [0.4, 0.5) is 19.4 Å².